The highest BCUT2D eigenvalue weighted by atomic mass is 15.3. The Bertz CT molecular complexity index is 4590. The standard InChI is InChI=1S/C76H53N5/c1-5-21-54(22-6-1)75-77-70-39-19-37-66(73(70)80(75)61-30-9-3-10-31-61)58-28-17-26-56(49-58)52-41-45-63(46-42-52)79(72-51-60-25-13-14-34-65(60)68-35-15-16-36-69(68)72)64-47-43-53(44-48-64)57-27-18-29-59(50-57)67-38-20-40-71-74(67)81(62-32-11-4-12-33-62)76(78-71)55-23-7-2-8-24-55/h1-51,75,77H. The van der Waals surface area contributed by atoms with Crippen LogP contribution in [0.2, 0.25) is 0 Å². The number of para-hydroxylation sites is 4. The fourth-order valence-electron chi connectivity index (χ4n) is 12.2. The first-order valence-corrected chi connectivity index (χ1v) is 27.7. The van der Waals surface area contributed by atoms with Crippen LogP contribution < -0.4 is 15.1 Å². The monoisotopic (exact) mass is 1040 g/mol. The average molecular weight is 1040 g/mol. The van der Waals surface area contributed by atoms with Gasteiger partial charge in [0.2, 0.25) is 0 Å². The Morgan fingerprint density at radius 2 is 0.864 bits per heavy atom. The Morgan fingerprint density at radius 1 is 0.358 bits per heavy atom. The van der Waals surface area contributed by atoms with E-state index in [0.29, 0.717) is 0 Å². The minimum Gasteiger partial charge on any atom is -0.359 e. The molecule has 1 aromatic heterocycles. The lowest BCUT2D eigenvalue weighted by Crippen LogP contribution is -2.23. The molecule has 5 heteroatoms. The number of hydrogen-bond donors (Lipinski definition) is 1. The summed E-state index contributed by atoms with van der Waals surface area (Å²) in [7, 11) is 0. The highest BCUT2D eigenvalue weighted by Gasteiger charge is 2.33. The lowest BCUT2D eigenvalue weighted by Gasteiger charge is -2.29. The summed E-state index contributed by atoms with van der Waals surface area (Å²) in [6, 6.07) is 112. The highest BCUT2D eigenvalue weighted by molar-refractivity contribution is 6.14. The summed E-state index contributed by atoms with van der Waals surface area (Å²) >= 11 is 0. The zero-order valence-electron chi connectivity index (χ0n) is 44.3. The number of nitrogens with zero attached hydrogens (tertiary/aromatic N) is 4. The third-order valence-corrected chi connectivity index (χ3v) is 16.0. The van der Waals surface area contributed by atoms with E-state index in [0.717, 1.165) is 95.5 Å². The molecule has 0 radical (unpaired) electrons. The molecule has 14 aromatic rings. The van der Waals surface area contributed by atoms with Crippen LogP contribution in [0.3, 0.4) is 0 Å². The van der Waals surface area contributed by atoms with Gasteiger partial charge in [-0.15, -0.1) is 0 Å². The minimum atomic E-state index is -0.0522. The molecule has 13 aromatic carbocycles. The van der Waals surface area contributed by atoms with Gasteiger partial charge >= 0.3 is 0 Å². The summed E-state index contributed by atoms with van der Waals surface area (Å²) in [6.45, 7) is 0. The zero-order valence-corrected chi connectivity index (χ0v) is 44.3. The van der Waals surface area contributed by atoms with Crippen LogP contribution in [-0.4, -0.2) is 9.55 Å². The van der Waals surface area contributed by atoms with E-state index in [1.165, 1.54) is 38.4 Å². The van der Waals surface area contributed by atoms with Gasteiger partial charge in [0, 0.05) is 44.8 Å². The predicted octanol–water partition coefficient (Wildman–Crippen LogP) is 20.4. The average Bonchev–Trinajstić information content (AvgIpc) is 4.23. The Hall–Kier alpha value is -10.8. The van der Waals surface area contributed by atoms with Crippen molar-refractivity contribution in [3.8, 4) is 61.6 Å². The molecule has 1 aliphatic rings. The van der Waals surface area contributed by atoms with Crippen LogP contribution in [0.4, 0.5) is 34.1 Å². The van der Waals surface area contributed by atoms with Gasteiger partial charge in [0.15, 0.2) is 0 Å². The Kier molecular flexibility index (Phi) is 11.9. The molecule has 0 bridgehead atoms. The summed E-state index contributed by atoms with van der Waals surface area (Å²) in [4.78, 5) is 10.1. The van der Waals surface area contributed by atoms with Crippen molar-refractivity contribution < 1.29 is 0 Å². The molecule has 0 saturated heterocycles. The molecule has 81 heavy (non-hydrogen) atoms. The fourth-order valence-corrected chi connectivity index (χ4v) is 12.2. The number of hydrogen-bond acceptors (Lipinski definition) is 4. The van der Waals surface area contributed by atoms with Crippen molar-refractivity contribution in [1.82, 2.24) is 9.55 Å². The third kappa shape index (κ3) is 8.56. The van der Waals surface area contributed by atoms with E-state index in [-0.39, 0.29) is 6.17 Å². The molecular weight excluding hydrogens is 983 g/mol. The van der Waals surface area contributed by atoms with Crippen molar-refractivity contribution in [3.63, 3.8) is 0 Å². The van der Waals surface area contributed by atoms with Crippen LogP contribution in [0.15, 0.2) is 309 Å². The predicted molar refractivity (Wildman–Crippen MR) is 339 cm³/mol. The summed E-state index contributed by atoms with van der Waals surface area (Å²) in [6.07, 6.45) is -0.0522. The van der Waals surface area contributed by atoms with Gasteiger partial charge in [-0.05, 0) is 134 Å². The van der Waals surface area contributed by atoms with Gasteiger partial charge in [-0.1, -0.05) is 231 Å². The van der Waals surface area contributed by atoms with E-state index >= 15 is 0 Å². The van der Waals surface area contributed by atoms with E-state index in [9.17, 15) is 0 Å². The number of anilines is 6. The molecule has 0 saturated carbocycles. The molecule has 5 nitrogen and oxygen atoms in total. The quantitative estimate of drug-likeness (QED) is 0.131. The first-order valence-electron chi connectivity index (χ1n) is 27.7. The number of nitrogens with one attached hydrogen (secondary N) is 1. The normalized spacial score (nSPS) is 12.9. The smallest absolute Gasteiger partial charge is 0.145 e. The summed E-state index contributed by atoms with van der Waals surface area (Å²) in [5, 5.41) is 8.72. The van der Waals surface area contributed by atoms with Crippen molar-refractivity contribution in [1.29, 1.82) is 0 Å². The van der Waals surface area contributed by atoms with Crippen molar-refractivity contribution in [2.45, 2.75) is 6.17 Å². The van der Waals surface area contributed by atoms with E-state index in [4.69, 9.17) is 4.98 Å². The molecule has 0 fully saturated rings. The molecule has 0 spiro atoms. The number of benzene rings is 13. The highest BCUT2D eigenvalue weighted by Crippen LogP contribution is 2.51. The molecule has 382 valence electrons. The van der Waals surface area contributed by atoms with E-state index in [1.54, 1.807) is 0 Å². The largest absolute Gasteiger partial charge is 0.359 e. The second-order valence-electron chi connectivity index (χ2n) is 20.8. The fraction of sp³-hybridized carbons (Fsp3) is 0.0132. The summed E-state index contributed by atoms with van der Waals surface area (Å²) < 4.78 is 2.31. The molecular formula is C76H53N5. The summed E-state index contributed by atoms with van der Waals surface area (Å²) in [5.41, 5.74) is 21.2. The molecule has 0 amide bonds. The minimum absolute atomic E-state index is 0.0522. The van der Waals surface area contributed by atoms with Crippen molar-refractivity contribution in [3.05, 3.63) is 315 Å². The molecule has 1 aliphatic heterocycles. The first kappa shape index (κ1) is 47.5. The van der Waals surface area contributed by atoms with Gasteiger partial charge in [-0.2, -0.15) is 0 Å². The van der Waals surface area contributed by atoms with Crippen LogP contribution in [0, 0.1) is 0 Å². The number of fused-ring (bicyclic) bond motifs is 5. The van der Waals surface area contributed by atoms with Gasteiger partial charge in [-0.25, -0.2) is 4.98 Å². The van der Waals surface area contributed by atoms with Gasteiger partial charge in [-0.3, -0.25) is 4.57 Å². The topological polar surface area (TPSA) is 36.3 Å². The van der Waals surface area contributed by atoms with Gasteiger partial charge < -0.3 is 15.1 Å². The van der Waals surface area contributed by atoms with Crippen molar-refractivity contribution in [2.75, 3.05) is 15.1 Å². The van der Waals surface area contributed by atoms with E-state index in [2.05, 4.69) is 329 Å². The number of rotatable bonds is 11. The number of aromatic nitrogens is 2. The Balaban J connectivity index is 0.803. The maximum Gasteiger partial charge on any atom is 0.145 e. The second-order valence-corrected chi connectivity index (χ2v) is 20.8. The van der Waals surface area contributed by atoms with Gasteiger partial charge in [0.05, 0.1) is 28.1 Å². The van der Waals surface area contributed by atoms with Crippen LogP contribution in [0.25, 0.3) is 94.2 Å². The van der Waals surface area contributed by atoms with E-state index < -0.39 is 0 Å². The summed E-state index contributed by atoms with van der Waals surface area (Å²) in [5.74, 6) is 0.917. The van der Waals surface area contributed by atoms with Gasteiger partial charge in [0.1, 0.15) is 12.0 Å². The van der Waals surface area contributed by atoms with Crippen molar-refractivity contribution in [2.24, 2.45) is 0 Å². The van der Waals surface area contributed by atoms with Crippen LogP contribution in [0.1, 0.15) is 11.7 Å². The zero-order chi connectivity index (χ0) is 53.6. The molecule has 1 unspecified atom stereocenters. The third-order valence-electron chi connectivity index (χ3n) is 16.0. The Labute approximate surface area is 471 Å². The maximum absolute atomic E-state index is 5.26. The first-order chi connectivity index (χ1) is 40.2. The molecule has 1 N–H and O–H groups in total. The Morgan fingerprint density at radius 3 is 1.53 bits per heavy atom. The van der Waals surface area contributed by atoms with Crippen LogP contribution in [0.5, 0.6) is 0 Å². The van der Waals surface area contributed by atoms with Crippen LogP contribution in [-0.2, 0) is 0 Å². The maximum atomic E-state index is 5.26. The van der Waals surface area contributed by atoms with Crippen molar-refractivity contribution >= 4 is 66.7 Å². The van der Waals surface area contributed by atoms with E-state index in [1.807, 2.05) is 0 Å². The SMILES string of the molecule is c1ccc(-c2nc3cccc(-c4cccc(-c5ccc(N(c6ccc(-c7cccc(-c8cccc9c8N(c8ccccc8)C(c8ccccc8)N9)c7)cc6)c6cc7ccccc7c7ccccc67)cc5)c4)c3n2-c2ccccc2)cc1. The lowest BCUT2D eigenvalue weighted by molar-refractivity contribution is 0.829. The number of imidazole rings is 1. The molecule has 2 heterocycles. The molecule has 1 atom stereocenters. The van der Waals surface area contributed by atoms with Gasteiger partial charge in [0.25, 0.3) is 0 Å². The second kappa shape index (κ2) is 20.2. The molecule has 15 rings (SSSR count). The van der Waals surface area contributed by atoms with Crippen LogP contribution >= 0.6 is 0 Å². The lowest BCUT2D eigenvalue weighted by atomic mass is 9.96. The molecule has 0 aliphatic carbocycles.